The lowest BCUT2D eigenvalue weighted by Gasteiger charge is -2.16. The Labute approximate surface area is 92.1 Å². The predicted octanol–water partition coefficient (Wildman–Crippen LogP) is 1.90. The second-order valence-corrected chi connectivity index (χ2v) is 3.79. The highest BCUT2D eigenvalue weighted by atomic mass is 19.1. The lowest BCUT2D eigenvalue weighted by molar-refractivity contribution is 0.625. The highest BCUT2D eigenvalue weighted by Gasteiger charge is 2.16. The van der Waals surface area contributed by atoms with Crippen molar-refractivity contribution in [1.29, 1.82) is 0 Å². The van der Waals surface area contributed by atoms with E-state index in [1.54, 1.807) is 12.1 Å². The van der Waals surface area contributed by atoms with E-state index in [4.69, 9.17) is 0 Å². The molecule has 0 fully saturated rings. The van der Waals surface area contributed by atoms with Crippen LogP contribution in [0.15, 0.2) is 24.3 Å². The summed E-state index contributed by atoms with van der Waals surface area (Å²) in [6, 6.07) is 6.32. The molecule has 82 valence electrons. The summed E-state index contributed by atoms with van der Waals surface area (Å²) in [4.78, 5) is 0. The first-order chi connectivity index (χ1) is 7.84. The first-order valence-electron chi connectivity index (χ1n) is 5.27. The van der Waals surface area contributed by atoms with Gasteiger partial charge in [-0.1, -0.05) is 0 Å². The van der Waals surface area contributed by atoms with Crippen LogP contribution < -0.4 is 5.32 Å². The number of anilines is 1. The number of nitrogens with zero attached hydrogens (tertiary/aromatic N) is 3. The number of hydrogen-bond acceptors (Lipinski definition) is 3. The van der Waals surface area contributed by atoms with Crippen LogP contribution in [0.5, 0.6) is 0 Å². The quantitative estimate of drug-likeness (QED) is 0.795. The van der Waals surface area contributed by atoms with Gasteiger partial charge in [0.1, 0.15) is 5.82 Å². The average molecular weight is 218 g/mol. The maximum Gasteiger partial charge on any atom is 0.224 e. The molecule has 1 aromatic carbocycles. The molecule has 0 unspecified atom stereocenters. The normalized spacial score (nSPS) is 14.3. The van der Waals surface area contributed by atoms with Gasteiger partial charge in [0, 0.05) is 18.7 Å². The smallest absolute Gasteiger partial charge is 0.224 e. The molecular formula is C11H11FN4. The van der Waals surface area contributed by atoms with E-state index in [0.29, 0.717) is 0 Å². The number of aromatic nitrogens is 3. The minimum atomic E-state index is -0.236. The van der Waals surface area contributed by atoms with Crippen LogP contribution >= 0.6 is 0 Å². The Bertz CT molecular complexity index is 503. The monoisotopic (exact) mass is 218 g/mol. The maximum atomic E-state index is 12.8. The van der Waals surface area contributed by atoms with E-state index in [2.05, 4.69) is 15.5 Å². The number of rotatable bonds is 1. The van der Waals surface area contributed by atoms with Gasteiger partial charge in [0.05, 0.1) is 0 Å². The van der Waals surface area contributed by atoms with Crippen molar-refractivity contribution in [2.75, 3.05) is 11.9 Å². The summed E-state index contributed by atoms with van der Waals surface area (Å²) in [6.45, 7) is 1.84. The van der Waals surface area contributed by atoms with Gasteiger partial charge in [-0.2, -0.15) is 0 Å². The molecule has 3 rings (SSSR count). The zero-order valence-corrected chi connectivity index (χ0v) is 8.65. The van der Waals surface area contributed by atoms with Crippen molar-refractivity contribution in [3.8, 4) is 11.4 Å². The molecule has 5 heteroatoms. The van der Waals surface area contributed by atoms with Crippen molar-refractivity contribution >= 4 is 5.95 Å². The Morgan fingerprint density at radius 3 is 2.81 bits per heavy atom. The predicted molar refractivity (Wildman–Crippen MR) is 58.5 cm³/mol. The molecule has 0 aliphatic carbocycles. The summed E-state index contributed by atoms with van der Waals surface area (Å²) >= 11 is 0. The molecule has 0 spiro atoms. The van der Waals surface area contributed by atoms with Crippen molar-refractivity contribution in [2.45, 2.75) is 13.0 Å². The fourth-order valence-corrected chi connectivity index (χ4v) is 1.90. The Kier molecular flexibility index (Phi) is 2.09. The average Bonchev–Trinajstić information content (AvgIpc) is 2.74. The van der Waals surface area contributed by atoms with Gasteiger partial charge in [-0.25, -0.2) is 4.39 Å². The molecule has 1 N–H and O–H groups in total. The fourth-order valence-electron chi connectivity index (χ4n) is 1.90. The zero-order valence-electron chi connectivity index (χ0n) is 8.65. The van der Waals surface area contributed by atoms with Crippen molar-refractivity contribution in [2.24, 2.45) is 0 Å². The molecule has 0 bridgehead atoms. The van der Waals surface area contributed by atoms with E-state index in [-0.39, 0.29) is 5.82 Å². The Morgan fingerprint density at radius 2 is 2.00 bits per heavy atom. The topological polar surface area (TPSA) is 42.7 Å². The number of benzene rings is 1. The molecule has 4 nitrogen and oxygen atoms in total. The second kappa shape index (κ2) is 3.59. The molecule has 1 aromatic heterocycles. The van der Waals surface area contributed by atoms with Crippen LogP contribution in [0.25, 0.3) is 11.4 Å². The third-order valence-electron chi connectivity index (χ3n) is 2.69. The van der Waals surface area contributed by atoms with Gasteiger partial charge >= 0.3 is 0 Å². The van der Waals surface area contributed by atoms with Crippen LogP contribution in [0.1, 0.15) is 6.42 Å². The first-order valence-corrected chi connectivity index (χ1v) is 5.27. The third kappa shape index (κ3) is 1.44. The van der Waals surface area contributed by atoms with Crippen LogP contribution in [0, 0.1) is 5.82 Å². The molecule has 16 heavy (non-hydrogen) atoms. The molecule has 0 radical (unpaired) electrons. The minimum Gasteiger partial charge on any atom is -0.354 e. The highest BCUT2D eigenvalue weighted by Crippen LogP contribution is 2.23. The summed E-state index contributed by atoms with van der Waals surface area (Å²) in [7, 11) is 0. The first kappa shape index (κ1) is 9.33. The van der Waals surface area contributed by atoms with Gasteiger partial charge in [-0.3, -0.25) is 4.57 Å². The Hall–Kier alpha value is -1.91. The zero-order chi connectivity index (χ0) is 11.0. The van der Waals surface area contributed by atoms with E-state index in [1.807, 2.05) is 4.57 Å². The van der Waals surface area contributed by atoms with E-state index >= 15 is 0 Å². The van der Waals surface area contributed by atoms with Crippen molar-refractivity contribution in [3.05, 3.63) is 30.1 Å². The van der Waals surface area contributed by atoms with Gasteiger partial charge in [0.25, 0.3) is 0 Å². The number of halogens is 1. The van der Waals surface area contributed by atoms with Gasteiger partial charge in [-0.05, 0) is 30.7 Å². The Balaban J connectivity index is 2.06. The van der Waals surface area contributed by atoms with Crippen LogP contribution in [0.4, 0.5) is 10.3 Å². The van der Waals surface area contributed by atoms with Crippen LogP contribution in [-0.4, -0.2) is 21.3 Å². The molecule has 0 saturated heterocycles. The summed E-state index contributed by atoms with van der Waals surface area (Å²) in [6.07, 6.45) is 1.05. The van der Waals surface area contributed by atoms with E-state index in [1.165, 1.54) is 12.1 Å². The maximum absolute atomic E-state index is 12.8. The molecule has 2 aromatic rings. The molecule has 1 aliphatic heterocycles. The van der Waals surface area contributed by atoms with Gasteiger partial charge in [0.2, 0.25) is 5.95 Å². The van der Waals surface area contributed by atoms with E-state index in [0.717, 1.165) is 36.8 Å². The Morgan fingerprint density at radius 1 is 1.19 bits per heavy atom. The van der Waals surface area contributed by atoms with Crippen molar-refractivity contribution < 1.29 is 4.39 Å². The van der Waals surface area contributed by atoms with E-state index in [9.17, 15) is 4.39 Å². The fraction of sp³-hybridized carbons (Fsp3) is 0.273. The SMILES string of the molecule is Fc1ccc(-c2nnc3n2CCCN3)cc1. The third-order valence-corrected chi connectivity index (χ3v) is 2.69. The number of hydrogen-bond donors (Lipinski definition) is 1. The molecular weight excluding hydrogens is 207 g/mol. The largest absolute Gasteiger partial charge is 0.354 e. The van der Waals surface area contributed by atoms with Gasteiger partial charge in [0.15, 0.2) is 5.82 Å². The molecule has 0 amide bonds. The van der Waals surface area contributed by atoms with Gasteiger partial charge in [-0.15, -0.1) is 10.2 Å². The molecule has 2 heterocycles. The number of nitrogens with one attached hydrogen (secondary N) is 1. The van der Waals surface area contributed by atoms with Crippen LogP contribution in [-0.2, 0) is 6.54 Å². The lowest BCUT2D eigenvalue weighted by Crippen LogP contribution is -2.17. The van der Waals surface area contributed by atoms with Crippen molar-refractivity contribution in [3.63, 3.8) is 0 Å². The molecule has 0 saturated carbocycles. The van der Waals surface area contributed by atoms with Crippen LogP contribution in [0.2, 0.25) is 0 Å². The highest BCUT2D eigenvalue weighted by molar-refractivity contribution is 5.57. The summed E-state index contributed by atoms with van der Waals surface area (Å²) in [5, 5.41) is 11.4. The van der Waals surface area contributed by atoms with E-state index < -0.39 is 0 Å². The second-order valence-electron chi connectivity index (χ2n) is 3.79. The summed E-state index contributed by atoms with van der Waals surface area (Å²) in [5.41, 5.74) is 0.892. The van der Waals surface area contributed by atoms with Crippen molar-refractivity contribution in [1.82, 2.24) is 14.8 Å². The summed E-state index contributed by atoms with van der Waals surface area (Å²) in [5.74, 6) is 1.35. The molecule has 1 aliphatic rings. The number of fused-ring (bicyclic) bond motifs is 1. The summed E-state index contributed by atoms with van der Waals surface area (Å²) < 4.78 is 14.8. The van der Waals surface area contributed by atoms with Gasteiger partial charge < -0.3 is 5.32 Å². The lowest BCUT2D eigenvalue weighted by atomic mass is 10.2. The standard InChI is InChI=1S/C11H11FN4/c12-9-4-2-8(3-5-9)10-14-15-11-13-6-1-7-16(10)11/h2-5H,1,6-7H2,(H,13,15). The minimum absolute atomic E-state index is 0.236. The van der Waals surface area contributed by atoms with Crippen LogP contribution in [0.3, 0.4) is 0 Å². The molecule has 0 atom stereocenters.